The van der Waals surface area contributed by atoms with Crippen molar-refractivity contribution in [3.63, 3.8) is 0 Å². The van der Waals surface area contributed by atoms with Gasteiger partial charge in [-0.1, -0.05) is 35.1 Å². The fourth-order valence-electron chi connectivity index (χ4n) is 2.95. The lowest BCUT2D eigenvalue weighted by Crippen LogP contribution is -2.33. The molecule has 5 nitrogen and oxygen atoms in total. The summed E-state index contributed by atoms with van der Waals surface area (Å²) in [6.45, 7) is 3.52. The van der Waals surface area contributed by atoms with Gasteiger partial charge in [-0.15, -0.1) is 0 Å². The van der Waals surface area contributed by atoms with Crippen LogP contribution in [0.3, 0.4) is 0 Å². The maximum atomic E-state index is 13.3. The number of hydrogen-bond acceptors (Lipinski definition) is 5. The second-order valence-corrected chi connectivity index (χ2v) is 7.80. The molecule has 1 amide bonds. The van der Waals surface area contributed by atoms with Crippen LogP contribution in [0.1, 0.15) is 22.3 Å². The van der Waals surface area contributed by atoms with E-state index in [0.29, 0.717) is 17.2 Å². The average molecular weight is 384 g/mol. The van der Waals surface area contributed by atoms with Crippen LogP contribution in [0.25, 0.3) is 10.2 Å². The number of fused-ring (bicyclic) bond motifs is 1. The summed E-state index contributed by atoms with van der Waals surface area (Å²) in [5.74, 6) is 0.710. The molecule has 27 heavy (non-hydrogen) atoms. The molecule has 0 fully saturated rings. The summed E-state index contributed by atoms with van der Waals surface area (Å²) < 4.78 is 6.44. The Labute approximate surface area is 164 Å². The van der Waals surface area contributed by atoms with Gasteiger partial charge in [-0.3, -0.25) is 9.69 Å². The largest absolute Gasteiger partial charge is 0.494 e. The second kappa shape index (κ2) is 8.50. The summed E-state index contributed by atoms with van der Waals surface area (Å²) in [7, 11) is 5.71. The second-order valence-electron chi connectivity index (χ2n) is 6.79. The smallest absolute Gasteiger partial charge is 0.260 e. The minimum absolute atomic E-state index is 0.0181. The van der Waals surface area contributed by atoms with Crippen molar-refractivity contribution in [3.05, 3.63) is 53.6 Å². The van der Waals surface area contributed by atoms with Gasteiger partial charge in [0.1, 0.15) is 11.3 Å². The number of aromatic nitrogens is 1. The first kappa shape index (κ1) is 19.3. The minimum atomic E-state index is -0.0181. The number of carbonyl (C=O) groups is 1. The van der Waals surface area contributed by atoms with Gasteiger partial charge in [0, 0.05) is 12.1 Å². The van der Waals surface area contributed by atoms with Crippen molar-refractivity contribution in [1.29, 1.82) is 0 Å². The number of methoxy groups -OCH3 is 1. The minimum Gasteiger partial charge on any atom is -0.494 e. The van der Waals surface area contributed by atoms with E-state index in [1.807, 2.05) is 63.5 Å². The Hall–Kier alpha value is -2.44. The highest BCUT2D eigenvalue weighted by Gasteiger charge is 2.22. The molecule has 3 aromatic rings. The molecule has 1 aromatic heterocycles. The lowest BCUT2D eigenvalue weighted by Gasteiger charge is -2.21. The summed E-state index contributed by atoms with van der Waals surface area (Å²) in [6.07, 6.45) is 0.873. The molecule has 6 heteroatoms. The monoisotopic (exact) mass is 383 g/mol. The Balaban J connectivity index is 1.97. The fraction of sp³-hybridized carbons (Fsp3) is 0.333. The Morgan fingerprint density at radius 1 is 1.15 bits per heavy atom. The van der Waals surface area contributed by atoms with Crippen LogP contribution in [-0.4, -0.2) is 50.1 Å². The molecule has 0 bridgehead atoms. The summed E-state index contributed by atoms with van der Waals surface area (Å²) in [4.78, 5) is 21.9. The number of benzene rings is 2. The average Bonchev–Trinajstić information content (AvgIpc) is 3.08. The number of nitrogens with zero attached hydrogens (tertiary/aromatic N) is 3. The Kier molecular flexibility index (Phi) is 6.08. The zero-order valence-corrected chi connectivity index (χ0v) is 17.0. The summed E-state index contributed by atoms with van der Waals surface area (Å²) in [6, 6.07) is 13.6. The molecule has 0 aliphatic heterocycles. The van der Waals surface area contributed by atoms with E-state index in [1.54, 1.807) is 12.0 Å². The van der Waals surface area contributed by atoms with Gasteiger partial charge in [0.25, 0.3) is 5.91 Å². The molecule has 0 spiro atoms. The quantitative estimate of drug-likeness (QED) is 0.613. The normalized spacial score (nSPS) is 11.1. The van der Waals surface area contributed by atoms with Crippen LogP contribution in [0.4, 0.5) is 5.13 Å². The van der Waals surface area contributed by atoms with Gasteiger partial charge in [-0.25, -0.2) is 4.98 Å². The van der Waals surface area contributed by atoms with Crippen molar-refractivity contribution >= 4 is 32.6 Å². The number of ether oxygens (including phenoxy) is 1. The highest BCUT2D eigenvalue weighted by molar-refractivity contribution is 7.22. The van der Waals surface area contributed by atoms with Gasteiger partial charge in [0.05, 0.1) is 11.8 Å². The van der Waals surface area contributed by atoms with Gasteiger partial charge in [0.2, 0.25) is 0 Å². The van der Waals surface area contributed by atoms with E-state index in [0.717, 1.165) is 34.5 Å². The number of aryl methyl sites for hydroxylation is 1. The van der Waals surface area contributed by atoms with Gasteiger partial charge in [0.15, 0.2) is 5.13 Å². The topological polar surface area (TPSA) is 45.7 Å². The first-order valence-corrected chi connectivity index (χ1v) is 9.78. The third-order valence-electron chi connectivity index (χ3n) is 4.32. The van der Waals surface area contributed by atoms with Gasteiger partial charge < -0.3 is 9.64 Å². The molecule has 142 valence electrons. The van der Waals surface area contributed by atoms with E-state index in [-0.39, 0.29) is 5.91 Å². The molecule has 1 heterocycles. The Morgan fingerprint density at radius 3 is 2.63 bits per heavy atom. The molecule has 0 saturated carbocycles. The lowest BCUT2D eigenvalue weighted by molar-refractivity contribution is 0.0986. The molecule has 0 radical (unpaired) electrons. The molecule has 0 N–H and O–H groups in total. The van der Waals surface area contributed by atoms with E-state index in [9.17, 15) is 4.79 Å². The Bertz CT molecular complexity index is 936. The predicted molar refractivity (Wildman–Crippen MR) is 112 cm³/mol. The zero-order valence-electron chi connectivity index (χ0n) is 16.2. The number of carbonyl (C=O) groups excluding carboxylic acids is 1. The first-order chi connectivity index (χ1) is 13.0. The number of hydrogen-bond donors (Lipinski definition) is 0. The van der Waals surface area contributed by atoms with Crippen LogP contribution in [-0.2, 0) is 0 Å². The van der Waals surface area contributed by atoms with Crippen LogP contribution in [0.2, 0.25) is 0 Å². The van der Waals surface area contributed by atoms with Crippen molar-refractivity contribution < 1.29 is 9.53 Å². The van der Waals surface area contributed by atoms with Crippen molar-refractivity contribution in [1.82, 2.24) is 9.88 Å². The van der Waals surface area contributed by atoms with Crippen LogP contribution >= 0.6 is 11.3 Å². The summed E-state index contributed by atoms with van der Waals surface area (Å²) >= 11 is 1.52. The van der Waals surface area contributed by atoms with Crippen molar-refractivity contribution in [3.8, 4) is 5.75 Å². The molecule has 0 aliphatic carbocycles. The molecule has 3 rings (SSSR count). The number of para-hydroxylation sites is 1. The molecule has 0 atom stereocenters. The van der Waals surface area contributed by atoms with E-state index in [2.05, 4.69) is 4.90 Å². The number of rotatable bonds is 7. The molecule has 0 aliphatic rings. The van der Waals surface area contributed by atoms with Crippen LogP contribution < -0.4 is 9.64 Å². The van der Waals surface area contributed by atoms with Crippen LogP contribution in [0, 0.1) is 6.92 Å². The summed E-state index contributed by atoms with van der Waals surface area (Å²) in [5, 5.41) is 0.708. The third-order valence-corrected chi connectivity index (χ3v) is 5.36. The van der Waals surface area contributed by atoms with E-state index in [1.165, 1.54) is 11.3 Å². The Morgan fingerprint density at radius 2 is 1.93 bits per heavy atom. The SMILES string of the molecule is COc1cccc2sc(N(CCCN(C)C)C(=O)c3cccc(C)c3)nc12. The standard InChI is InChI=1S/C21H25N3O2S/c1-15-8-5-9-16(14-15)20(25)24(13-7-12-23(2)3)21-22-19-17(26-4)10-6-11-18(19)27-21/h5-6,8-11,14H,7,12-13H2,1-4H3. The van der Waals surface area contributed by atoms with Crippen molar-refractivity contribution in [2.24, 2.45) is 0 Å². The third kappa shape index (κ3) is 4.46. The fourth-order valence-corrected chi connectivity index (χ4v) is 3.96. The van der Waals surface area contributed by atoms with E-state index >= 15 is 0 Å². The van der Waals surface area contributed by atoms with Crippen molar-refractivity contribution in [2.75, 3.05) is 39.2 Å². The molecule has 0 saturated heterocycles. The maximum Gasteiger partial charge on any atom is 0.260 e. The van der Waals surface area contributed by atoms with Crippen LogP contribution in [0.15, 0.2) is 42.5 Å². The number of thiazole rings is 1. The number of anilines is 1. The van der Waals surface area contributed by atoms with E-state index in [4.69, 9.17) is 9.72 Å². The van der Waals surface area contributed by atoms with Gasteiger partial charge in [-0.2, -0.15) is 0 Å². The first-order valence-electron chi connectivity index (χ1n) is 8.96. The zero-order chi connectivity index (χ0) is 19.4. The molecule has 0 unspecified atom stereocenters. The molecule has 2 aromatic carbocycles. The highest BCUT2D eigenvalue weighted by Crippen LogP contribution is 2.34. The highest BCUT2D eigenvalue weighted by atomic mass is 32.1. The van der Waals surface area contributed by atoms with Crippen molar-refractivity contribution in [2.45, 2.75) is 13.3 Å². The molecular weight excluding hydrogens is 358 g/mol. The lowest BCUT2D eigenvalue weighted by atomic mass is 10.1. The van der Waals surface area contributed by atoms with Crippen LogP contribution in [0.5, 0.6) is 5.75 Å². The maximum absolute atomic E-state index is 13.3. The summed E-state index contributed by atoms with van der Waals surface area (Å²) in [5.41, 5.74) is 2.56. The molecular formula is C21H25N3O2S. The van der Waals surface area contributed by atoms with Gasteiger partial charge in [-0.05, 0) is 58.3 Å². The predicted octanol–water partition coefficient (Wildman–Crippen LogP) is 4.21. The number of amides is 1. The van der Waals surface area contributed by atoms with E-state index < -0.39 is 0 Å². The van der Waals surface area contributed by atoms with Gasteiger partial charge >= 0.3 is 0 Å².